The van der Waals surface area contributed by atoms with Gasteiger partial charge in [0.05, 0.1) is 12.2 Å². The number of hydrogen-bond acceptors (Lipinski definition) is 6. The van der Waals surface area contributed by atoms with Crippen molar-refractivity contribution < 1.29 is 19.5 Å². The van der Waals surface area contributed by atoms with E-state index in [0.29, 0.717) is 31.0 Å². The van der Waals surface area contributed by atoms with Crippen molar-refractivity contribution in [3.05, 3.63) is 24.0 Å². The van der Waals surface area contributed by atoms with Gasteiger partial charge in [-0.2, -0.15) is 4.98 Å². The van der Waals surface area contributed by atoms with Crippen LogP contribution in [0.3, 0.4) is 0 Å². The van der Waals surface area contributed by atoms with E-state index in [1.165, 1.54) is 6.07 Å². The van der Waals surface area contributed by atoms with Gasteiger partial charge in [0, 0.05) is 13.0 Å². The van der Waals surface area contributed by atoms with Gasteiger partial charge in [0.15, 0.2) is 17.3 Å². The summed E-state index contributed by atoms with van der Waals surface area (Å²) >= 11 is 0. The lowest BCUT2D eigenvalue weighted by Gasteiger charge is -2.00. The lowest BCUT2D eigenvalue weighted by atomic mass is 10.2. The molecule has 2 N–H and O–H groups in total. The number of ether oxygens (including phenoxy) is 1. The third-order valence-electron chi connectivity index (χ3n) is 2.39. The molecule has 0 unspecified atom stereocenters. The molecule has 1 heterocycles. The largest absolute Gasteiger partial charge is 0.504 e. The molecule has 2 aromatic rings. The smallest absolute Gasteiger partial charge is 0.261 e. The summed E-state index contributed by atoms with van der Waals surface area (Å²) in [4.78, 5) is 4.13. The van der Waals surface area contributed by atoms with Gasteiger partial charge in [-0.05, 0) is 19.1 Å². The van der Waals surface area contributed by atoms with Crippen LogP contribution in [0.2, 0.25) is 0 Å². The Hall–Kier alpha value is -2.08. The number of benzene rings is 1. The Bertz CT molecular complexity index is 525. The maximum absolute atomic E-state index is 9.67. The van der Waals surface area contributed by atoms with E-state index in [1.807, 2.05) is 6.92 Å². The van der Waals surface area contributed by atoms with Gasteiger partial charge in [0.2, 0.25) is 0 Å². The van der Waals surface area contributed by atoms with Crippen molar-refractivity contribution >= 4 is 0 Å². The molecule has 0 spiro atoms. The highest BCUT2D eigenvalue weighted by Crippen LogP contribution is 2.34. The zero-order valence-corrected chi connectivity index (χ0v) is 9.96. The van der Waals surface area contributed by atoms with E-state index in [1.54, 1.807) is 12.1 Å². The second kappa shape index (κ2) is 5.50. The first-order chi connectivity index (χ1) is 8.72. The molecule has 6 heteroatoms. The highest BCUT2D eigenvalue weighted by molar-refractivity contribution is 5.66. The first-order valence-corrected chi connectivity index (χ1v) is 5.64. The molecule has 0 saturated carbocycles. The van der Waals surface area contributed by atoms with Gasteiger partial charge < -0.3 is 19.5 Å². The number of phenols is 2. The monoisotopic (exact) mass is 250 g/mol. The second-order valence-corrected chi connectivity index (χ2v) is 3.64. The average molecular weight is 250 g/mol. The molecule has 0 amide bonds. The van der Waals surface area contributed by atoms with Crippen LogP contribution >= 0.6 is 0 Å². The molecule has 0 aliphatic heterocycles. The fraction of sp³-hybridized carbons (Fsp3) is 0.333. The van der Waals surface area contributed by atoms with E-state index >= 15 is 0 Å². The maximum Gasteiger partial charge on any atom is 0.261 e. The molecular weight excluding hydrogens is 236 g/mol. The van der Waals surface area contributed by atoms with E-state index in [0.717, 1.165) is 0 Å². The Labute approximate surface area is 104 Å². The minimum Gasteiger partial charge on any atom is -0.504 e. The van der Waals surface area contributed by atoms with Gasteiger partial charge in [0.1, 0.15) is 0 Å². The summed E-state index contributed by atoms with van der Waals surface area (Å²) < 4.78 is 10.2. The first-order valence-electron chi connectivity index (χ1n) is 5.64. The van der Waals surface area contributed by atoms with Crippen molar-refractivity contribution in [3.63, 3.8) is 0 Å². The number of aromatic nitrogens is 2. The van der Waals surface area contributed by atoms with Crippen LogP contribution in [0.4, 0.5) is 0 Å². The van der Waals surface area contributed by atoms with Crippen LogP contribution in [0.25, 0.3) is 11.5 Å². The fourth-order valence-corrected chi connectivity index (χ4v) is 1.48. The summed E-state index contributed by atoms with van der Waals surface area (Å²) in [5.74, 6) is 0.190. The third kappa shape index (κ3) is 2.60. The van der Waals surface area contributed by atoms with Crippen LogP contribution < -0.4 is 0 Å². The topological polar surface area (TPSA) is 88.6 Å². The van der Waals surface area contributed by atoms with E-state index in [9.17, 15) is 10.2 Å². The van der Waals surface area contributed by atoms with Crippen molar-refractivity contribution in [1.29, 1.82) is 0 Å². The van der Waals surface area contributed by atoms with Crippen LogP contribution in [0.15, 0.2) is 22.7 Å². The van der Waals surface area contributed by atoms with E-state index < -0.39 is 0 Å². The van der Waals surface area contributed by atoms with Gasteiger partial charge in [0.25, 0.3) is 5.89 Å². The molecule has 1 aromatic heterocycles. The molecule has 6 nitrogen and oxygen atoms in total. The maximum atomic E-state index is 9.67. The molecule has 96 valence electrons. The van der Waals surface area contributed by atoms with Crippen LogP contribution in [-0.4, -0.2) is 33.6 Å². The van der Waals surface area contributed by atoms with Gasteiger partial charge in [-0.1, -0.05) is 11.2 Å². The summed E-state index contributed by atoms with van der Waals surface area (Å²) in [6.45, 7) is 3.06. The van der Waals surface area contributed by atoms with Gasteiger partial charge >= 0.3 is 0 Å². The van der Waals surface area contributed by atoms with Crippen molar-refractivity contribution in [2.45, 2.75) is 13.3 Å². The van der Waals surface area contributed by atoms with E-state index in [-0.39, 0.29) is 17.4 Å². The molecule has 0 radical (unpaired) electrons. The normalized spacial score (nSPS) is 10.7. The summed E-state index contributed by atoms with van der Waals surface area (Å²) in [6, 6.07) is 4.56. The molecular formula is C12H14N2O4. The number of nitrogens with zero attached hydrogens (tertiary/aromatic N) is 2. The van der Waals surface area contributed by atoms with Gasteiger partial charge in [-0.3, -0.25) is 0 Å². The predicted molar refractivity (Wildman–Crippen MR) is 63.3 cm³/mol. The first kappa shape index (κ1) is 12.4. The quantitative estimate of drug-likeness (QED) is 0.620. The highest BCUT2D eigenvalue weighted by atomic mass is 16.5. The molecule has 1 aromatic carbocycles. The Morgan fingerprint density at radius 1 is 1.33 bits per heavy atom. The molecule has 0 fully saturated rings. The van der Waals surface area contributed by atoms with Gasteiger partial charge in [-0.15, -0.1) is 0 Å². The third-order valence-corrected chi connectivity index (χ3v) is 2.39. The van der Waals surface area contributed by atoms with Gasteiger partial charge in [-0.25, -0.2) is 0 Å². The number of phenolic OH excluding ortho intramolecular Hbond substituents is 2. The van der Waals surface area contributed by atoms with Crippen molar-refractivity contribution in [3.8, 4) is 23.0 Å². The molecule has 0 aliphatic carbocycles. The van der Waals surface area contributed by atoms with Crippen LogP contribution in [0.1, 0.15) is 12.7 Å². The molecule has 0 atom stereocenters. The Morgan fingerprint density at radius 2 is 2.17 bits per heavy atom. The van der Waals surface area contributed by atoms with E-state index in [2.05, 4.69) is 10.1 Å². The van der Waals surface area contributed by atoms with Crippen molar-refractivity contribution in [2.75, 3.05) is 13.2 Å². The standard InChI is InChI=1S/C12H14N2O4/c1-2-17-7-6-10-13-12(18-14-10)8-4-3-5-9(15)11(8)16/h3-5,15-16H,2,6-7H2,1H3. The predicted octanol–water partition coefficient (Wildman–Crippen LogP) is 1.73. The lowest BCUT2D eigenvalue weighted by Crippen LogP contribution is -1.99. The Morgan fingerprint density at radius 3 is 2.94 bits per heavy atom. The van der Waals surface area contributed by atoms with Crippen molar-refractivity contribution in [1.82, 2.24) is 10.1 Å². The molecule has 2 rings (SSSR count). The highest BCUT2D eigenvalue weighted by Gasteiger charge is 2.14. The lowest BCUT2D eigenvalue weighted by molar-refractivity contribution is 0.149. The van der Waals surface area contributed by atoms with Crippen molar-refractivity contribution in [2.24, 2.45) is 0 Å². The summed E-state index contributed by atoms with van der Waals surface area (Å²) in [5.41, 5.74) is 0.310. The number of aromatic hydroxyl groups is 2. The Balaban J connectivity index is 2.16. The average Bonchev–Trinajstić information content (AvgIpc) is 2.82. The van der Waals surface area contributed by atoms with Crippen LogP contribution in [-0.2, 0) is 11.2 Å². The van der Waals surface area contributed by atoms with Crippen LogP contribution in [0, 0.1) is 0 Å². The zero-order valence-electron chi connectivity index (χ0n) is 9.96. The summed E-state index contributed by atoms with van der Waals surface area (Å²) in [6.07, 6.45) is 0.539. The SMILES string of the molecule is CCOCCc1noc(-c2cccc(O)c2O)n1. The number of para-hydroxylation sites is 1. The number of rotatable bonds is 5. The summed E-state index contributed by atoms with van der Waals surface area (Å²) in [7, 11) is 0. The summed E-state index contributed by atoms with van der Waals surface area (Å²) in [5, 5.41) is 22.8. The second-order valence-electron chi connectivity index (χ2n) is 3.64. The zero-order chi connectivity index (χ0) is 13.0. The molecule has 0 saturated heterocycles. The van der Waals surface area contributed by atoms with E-state index in [4.69, 9.17) is 9.26 Å². The molecule has 0 bridgehead atoms. The number of hydrogen-bond donors (Lipinski definition) is 2. The fourth-order valence-electron chi connectivity index (χ4n) is 1.48. The Kier molecular flexibility index (Phi) is 3.78. The molecule has 18 heavy (non-hydrogen) atoms. The minimum absolute atomic E-state index is 0.176. The molecule has 0 aliphatic rings. The van der Waals surface area contributed by atoms with Crippen LogP contribution in [0.5, 0.6) is 11.5 Å². The minimum atomic E-state index is -0.266.